The zero-order valence-corrected chi connectivity index (χ0v) is 10.3. The normalized spacial score (nSPS) is 10.5. The average Bonchev–Trinajstić information content (AvgIpc) is 2.35. The first-order valence-electron chi connectivity index (χ1n) is 5.77. The number of benzene rings is 1. The fourth-order valence-electron chi connectivity index (χ4n) is 1.81. The Morgan fingerprint density at radius 3 is 2.56 bits per heavy atom. The summed E-state index contributed by atoms with van der Waals surface area (Å²) in [6.45, 7) is 6.01. The molecular formula is C13H21NO2. The van der Waals surface area contributed by atoms with Crippen molar-refractivity contribution in [2.24, 2.45) is 0 Å². The summed E-state index contributed by atoms with van der Waals surface area (Å²) in [6.07, 6.45) is 0.949. The van der Waals surface area contributed by atoms with E-state index < -0.39 is 0 Å². The second-order valence-corrected chi connectivity index (χ2v) is 3.73. The highest BCUT2D eigenvalue weighted by atomic mass is 16.5. The number of hydrogen-bond acceptors (Lipinski definition) is 3. The lowest BCUT2D eigenvalue weighted by Gasteiger charge is -2.15. The molecule has 0 amide bonds. The third-order valence-electron chi connectivity index (χ3n) is 2.70. The smallest absolute Gasteiger partial charge is 0.123 e. The Kier molecular flexibility index (Phi) is 5.29. The molecule has 0 aliphatic heterocycles. The highest BCUT2D eigenvalue weighted by Crippen LogP contribution is 2.25. The molecule has 0 bridgehead atoms. The summed E-state index contributed by atoms with van der Waals surface area (Å²) in [4.78, 5) is 0. The molecule has 3 heteroatoms. The summed E-state index contributed by atoms with van der Waals surface area (Å²) in [6, 6.07) is 3.96. The van der Waals surface area contributed by atoms with Crippen LogP contribution in [0.4, 0.5) is 0 Å². The van der Waals surface area contributed by atoms with E-state index in [4.69, 9.17) is 4.74 Å². The standard InChI is InChI=1S/C13H21NO2/c1-4-11-6-10(9-15)7-13(16-3)12(11)8-14-5-2/h6-7,14-15H,4-5,8-9H2,1-3H3. The average molecular weight is 223 g/mol. The Morgan fingerprint density at radius 1 is 1.31 bits per heavy atom. The van der Waals surface area contributed by atoms with Crippen molar-refractivity contribution in [3.63, 3.8) is 0 Å². The van der Waals surface area contributed by atoms with Gasteiger partial charge < -0.3 is 15.2 Å². The fourth-order valence-corrected chi connectivity index (χ4v) is 1.81. The highest BCUT2D eigenvalue weighted by molar-refractivity contribution is 5.44. The molecule has 0 aliphatic carbocycles. The number of aliphatic hydroxyl groups is 1. The monoisotopic (exact) mass is 223 g/mol. The van der Waals surface area contributed by atoms with Gasteiger partial charge in [-0.15, -0.1) is 0 Å². The lowest BCUT2D eigenvalue weighted by molar-refractivity contribution is 0.280. The van der Waals surface area contributed by atoms with Crippen LogP contribution in [-0.4, -0.2) is 18.8 Å². The van der Waals surface area contributed by atoms with Gasteiger partial charge in [-0.3, -0.25) is 0 Å². The molecule has 0 fully saturated rings. The quantitative estimate of drug-likeness (QED) is 0.773. The van der Waals surface area contributed by atoms with Gasteiger partial charge in [0.05, 0.1) is 13.7 Å². The minimum absolute atomic E-state index is 0.0604. The van der Waals surface area contributed by atoms with Gasteiger partial charge in [0, 0.05) is 12.1 Å². The van der Waals surface area contributed by atoms with E-state index in [0.29, 0.717) is 0 Å². The fraction of sp³-hybridized carbons (Fsp3) is 0.538. The van der Waals surface area contributed by atoms with Crippen LogP contribution in [0.15, 0.2) is 12.1 Å². The predicted octanol–water partition coefficient (Wildman–Crippen LogP) is 1.86. The van der Waals surface area contributed by atoms with E-state index in [1.165, 1.54) is 11.1 Å². The molecule has 0 saturated heterocycles. The maximum Gasteiger partial charge on any atom is 0.123 e. The number of aryl methyl sites for hydroxylation is 1. The lowest BCUT2D eigenvalue weighted by Crippen LogP contribution is -2.14. The van der Waals surface area contributed by atoms with Crippen LogP contribution in [0.1, 0.15) is 30.5 Å². The van der Waals surface area contributed by atoms with Gasteiger partial charge >= 0.3 is 0 Å². The Bertz CT molecular complexity index is 312. The van der Waals surface area contributed by atoms with E-state index in [9.17, 15) is 5.11 Å². The molecule has 16 heavy (non-hydrogen) atoms. The molecule has 3 nitrogen and oxygen atoms in total. The van der Waals surface area contributed by atoms with Crippen LogP contribution in [0, 0.1) is 0 Å². The maximum absolute atomic E-state index is 9.17. The minimum Gasteiger partial charge on any atom is -0.496 e. The van der Waals surface area contributed by atoms with Crippen LogP contribution in [0.5, 0.6) is 5.75 Å². The predicted molar refractivity (Wildman–Crippen MR) is 65.7 cm³/mol. The number of aliphatic hydroxyl groups excluding tert-OH is 1. The van der Waals surface area contributed by atoms with Crippen molar-refractivity contribution in [2.45, 2.75) is 33.4 Å². The zero-order chi connectivity index (χ0) is 12.0. The molecular weight excluding hydrogens is 202 g/mol. The van der Waals surface area contributed by atoms with Gasteiger partial charge in [0.25, 0.3) is 0 Å². The van der Waals surface area contributed by atoms with Crippen molar-refractivity contribution in [3.8, 4) is 5.75 Å². The van der Waals surface area contributed by atoms with E-state index in [-0.39, 0.29) is 6.61 Å². The highest BCUT2D eigenvalue weighted by Gasteiger charge is 2.09. The van der Waals surface area contributed by atoms with Crippen LogP contribution in [0.3, 0.4) is 0 Å². The first-order chi connectivity index (χ1) is 7.76. The molecule has 0 saturated carbocycles. The van der Waals surface area contributed by atoms with E-state index in [2.05, 4.69) is 25.2 Å². The Morgan fingerprint density at radius 2 is 2.06 bits per heavy atom. The van der Waals surface area contributed by atoms with Crippen LogP contribution in [-0.2, 0) is 19.6 Å². The van der Waals surface area contributed by atoms with E-state index >= 15 is 0 Å². The molecule has 0 aliphatic rings. The second-order valence-electron chi connectivity index (χ2n) is 3.73. The van der Waals surface area contributed by atoms with Gasteiger partial charge in [0.1, 0.15) is 5.75 Å². The van der Waals surface area contributed by atoms with Crippen LogP contribution in [0.25, 0.3) is 0 Å². The van der Waals surface area contributed by atoms with Crippen LogP contribution >= 0.6 is 0 Å². The minimum atomic E-state index is 0.0604. The molecule has 1 aromatic rings. The molecule has 1 rings (SSSR count). The van der Waals surface area contributed by atoms with Gasteiger partial charge in [-0.25, -0.2) is 0 Å². The summed E-state index contributed by atoms with van der Waals surface area (Å²) in [5.41, 5.74) is 3.35. The first kappa shape index (κ1) is 13.0. The summed E-state index contributed by atoms with van der Waals surface area (Å²) < 4.78 is 5.38. The van der Waals surface area contributed by atoms with Crippen molar-refractivity contribution in [3.05, 3.63) is 28.8 Å². The van der Waals surface area contributed by atoms with Crippen molar-refractivity contribution in [2.75, 3.05) is 13.7 Å². The van der Waals surface area contributed by atoms with Gasteiger partial charge in [0.2, 0.25) is 0 Å². The summed E-state index contributed by atoms with van der Waals surface area (Å²) in [7, 11) is 1.67. The Labute approximate surface area is 97.4 Å². The third kappa shape index (κ3) is 2.97. The number of rotatable bonds is 6. The summed E-state index contributed by atoms with van der Waals surface area (Å²) in [5, 5.41) is 12.5. The summed E-state index contributed by atoms with van der Waals surface area (Å²) in [5.74, 6) is 0.865. The van der Waals surface area contributed by atoms with E-state index in [1.807, 2.05) is 6.07 Å². The van der Waals surface area contributed by atoms with E-state index in [1.54, 1.807) is 7.11 Å². The van der Waals surface area contributed by atoms with Crippen molar-refractivity contribution < 1.29 is 9.84 Å². The second kappa shape index (κ2) is 6.51. The molecule has 0 atom stereocenters. The third-order valence-corrected chi connectivity index (χ3v) is 2.70. The molecule has 0 unspecified atom stereocenters. The van der Waals surface area contributed by atoms with Crippen molar-refractivity contribution >= 4 is 0 Å². The number of ether oxygens (including phenoxy) is 1. The van der Waals surface area contributed by atoms with Gasteiger partial charge in [0.15, 0.2) is 0 Å². The van der Waals surface area contributed by atoms with Crippen molar-refractivity contribution in [1.82, 2.24) is 5.32 Å². The molecule has 0 spiro atoms. The van der Waals surface area contributed by atoms with Gasteiger partial charge in [-0.1, -0.05) is 19.9 Å². The molecule has 0 heterocycles. The van der Waals surface area contributed by atoms with Crippen LogP contribution in [0.2, 0.25) is 0 Å². The van der Waals surface area contributed by atoms with Gasteiger partial charge in [-0.05, 0) is 30.2 Å². The topological polar surface area (TPSA) is 41.5 Å². The SMILES string of the molecule is CCNCc1c(CC)cc(CO)cc1OC. The van der Waals surface area contributed by atoms with Crippen molar-refractivity contribution in [1.29, 1.82) is 0 Å². The molecule has 1 aromatic carbocycles. The lowest BCUT2D eigenvalue weighted by atomic mass is 10.0. The molecule has 90 valence electrons. The van der Waals surface area contributed by atoms with Gasteiger partial charge in [-0.2, -0.15) is 0 Å². The zero-order valence-electron chi connectivity index (χ0n) is 10.3. The Hall–Kier alpha value is -1.06. The molecule has 0 radical (unpaired) electrons. The van der Waals surface area contributed by atoms with E-state index in [0.717, 1.165) is 30.8 Å². The van der Waals surface area contributed by atoms with Crippen LogP contribution < -0.4 is 10.1 Å². The first-order valence-corrected chi connectivity index (χ1v) is 5.77. The summed E-state index contributed by atoms with van der Waals surface area (Å²) >= 11 is 0. The number of methoxy groups -OCH3 is 1. The number of nitrogens with one attached hydrogen (secondary N) is 1. The largest absolute Gasteiger partial charge is 0.496 e. The molecule has 2 N–H and O–H groups in total. The maximum atomic E-state index is 9.17. The Balaban J connectivity index is 3.09. The molecule has 0 aromatic heterocycles. The number of hydrogen-bond donors (Lipinski definition) is 2.